The first-order valence-electron chi connectivity index (χ1n) is 7.72. The number of ether oxygens (including phenoxy) is 1. The van der Waals surface area contributed by atoms with Gasteiger partial charge in [-0.3, -0.25) is 14.2 Å². The van der Waals surface area contributed by atoms with Crippen LogP contribution in [0.25, 0.3) is 10.9 Å². The van der Waals surface area contributed by atoms with E-state index in [0.29, 0.717) is 22.8 Å². The highest BCUT2D eigenvalue weighted by molar-refractivity contribution is 5.90. The van der Waals surface area contributed by atoms with Gasteiger partial charge in [-0.1, -0.05) is 24.3 Å². The van der Waals surface area contributed by atoms with Crippen LogP contribution in [-0.2, 0) is 17.9 Å². The standard InChI is InChI=1S/C19H13N3O4/c20-9-10-22-17(21-16-4-2-1-3-15(16)18(22)24)12-26-19(25)14-7-5-13(11-23)6-8-14/h1-8,11H,10,12H2. The number of aldehydes is 1. The lowest BCUT2D eigenvalue weighted by Crippen LogP contribution is -2.26. The van der Waals surface area contributed by atoms with Crippen molar-refractivity contribution >= 4 is 23.2 Å². The Labute approximate surface area is 148 Å². The summed E-state index contributed by atoms with van der Waals surface area (Å²) in [6, 6.07) is 14.6. The van der Waals surface area contributed by atoms with Gasteiger partial charge in [0.1, 0.15) is 19.4 Å². The lowest BCUT2D eigenvalue weighted by molar-refractivity contribution is 0.0457. The second-order valence-corrected chi connectivity index (χ2v) is 5.41. The van der Waals surface area contributed by atoms with Gasteiger partial charge in [0.15, 0.2) is 5.82 Å². The number of para-hydroxylation sites is 1. The molecule has 0 spiro atoms. The van der Waals surface area contributed by atoms with Gasteiger partial charge >= 0.3 is 5.97 Å². The lowest BCUT2D eigenvalue weighted by atomic mass is 10.1. The van der Waals surface area contributed by atoms with E-state index in [1.54, 1.807) is 24.3 Å². The Morgan fingerprint density at radius 2 is 1.92 bits per heavy atom. The first-order chi connectivity index (χ1) is 12.6. The number of nitriles is 1. The van der Waals surface area contributed by atoms with Crippen LogP contribution < -0.4 is 5.56 Å². The molecule has 3 aromatic rings. The van der Waals surface area contributed by atoms with Crippen molar-refractivity contribution in [3.05, 3.63) is 75.8 Å². The van der Waals surface area contributed by atoms with Crippen molar-refractivity contribution in [2.75, 3.05) is 0 Å². The van der Waals surface area contributed by atoms with Crippen molar-refractivity contribution in [1.82, 2.24) is 9.55 Å². The van der Waals surface area contributed by atoms with E-state index in [2.05, 4.69) is 4.98 Å². The molecule has 26 heavy (non-hydrogen) atoms. The van der Waals surface area contributed by atoms with Crippen LogP contribution in [0, 0.1) is 11.3 Å². The van der Waals surface area contributed by atoms with Crippen molar-refractivity contribution in [2.45, 2.75) is 13.2 Å². The first kappa shape index (κ1) is 17.0. The Hall–Kier alpha value is -3.79. The maximum Gasteiger partial charge on any atom is 0.338 e. The average Bonchev–Trinajstić information content (AvgIpc) is 2.68. The maximum atomic E-state index is 12.5. The molecule has 3 rings (SSSR count). The smallest absolute Gasteiger partial charge is 0.338 e. The Kier molecular flexibility index (Phi) is 4.85. The topological polar surface area (TPSA) is 102 Å². The van der Waals surface area contributed by atoms with E-state index < -0.39 is 5.97 Å². The summed E-state index contributed by atoms with van der Waals surface area (Å²) in [4.78, 5) is 39.7. The highest BCUT2D eigenvalue weighted by Crippen LogP contribution is 2.10. The van der Waals surface area contributed by atoms with Crippen molar-refractivity contribution in [1.29, 1.82) is 5.26 Å². The number of nitrogens with zero attached hydrogens (tertiary/aromatic N) is 3. The summed E-state index contributed by atoms with van der Waals surface area (Å²) in [6.07, 6.45) is 0.675. The molecule has 0 radical (unpaired) electrons. The van der Waals surface area contributed by atoms with Crippen molar-refractivity contribution in [3.63, 3.8) is 0 Å². The van der Waals surface area contributed by atoms with Crippen molar-refractivity contribution < 1.29 is 14.3 Å². The van der Waals surface area contributed by atoms with E-state index in [4.69, 9.17) is 10.00 Å². The number of hydrogen-bond acceptors (Lipinski definition) is 6. The van der Waals surface area contributed by atoms with E-state index in [-0.39, 0.29) is 30.1 Å². The molecule has 0 fully saturated rings. The molecular weight excluding hydrogens is 334 g/mol. The molecule has 0 bridgehead atoms. The minimum Gasteiger partial charge on any atom is -0.454 e. The van der Waals surface area contributed by atoms with Gasteiger partial charge in [-0.25, -0.2) is 9.78 Å². The third-order valence-electron chi connectivity index (χ3n) is 3.78. The van der Waals surface area contributed by atoms with Crippen LogP contribution in [0.2, 0.25) is 0 Å². The zero-order chi connectivity index (χ0) is 18.5. The molecule has 7 heteroatoms. The Morgan fingerprint density at radius 3 is 2.62 bits per heavy atom. The number of carbonyl (C=O) groups is 2. The summed E-state index contributed by atoms with van der Waals surface area (Å²) in [5, 5.41) is 9.36. The van der Waals surface area contributed by atoms with Crippen molar-refractivity contribution in [2.24, 2.45) is 0 Å². The zero-order valence-electron chi connectivity index (χ0n) is 13.6. The minimum atomic E-state index is -0.617. The minimum absolute atomic E-state index is 0.188. The summed E-state index contributed by atoms with van der Waals surface area (Å²) < 4.78 is 6.41. The fraction of sp³-hybridized carbons (Fsp3) is 0.105. The van der Waals surface area contributed by atoms with Crippen LogP contribution in [0.4, 0.5) is 0 Å². The molecule has 0 amide bonds. The molecule has 1 heterocycles. The van der Waals surface area contributed by atoms with Crippen LogP contribution >= 0.6 is 0 Å². The molecule has 128 valence electrons. The third-order valence-corrected chi connectivity index (χ3v) is 3.78. The van der Waals surface area contributed by atoms with E-state index in [9.17, 15) is 14.4 Å². The molecule has 0 aliphatic heterocycles. The lowest BCUT2D eigenvalue weighted by Gasteiger charge is -2.11. The summed E-state index contributed by atoms with van der Waals surface area (Å²) in [7, 11) is 0. The first-order valence-corrected chi connectivity index (χ1v) is 7.72. The molecule has 0 unspecified atom stereocenters. The van der Waals surface area contributed by atoms with Gasteiger partial charge in [0.05, 0.1) is 22.5 Å². The van der Waals surface area contributed by atoms with Gasteiger partial charge < -0.3 is 4.74 Å². The number of rotatable bonds is 5. The molecule has 0 saturated carbocycles. The van der Waals surface area contributed by atoms with Crippen molar-refractivity contribution in [3.8, 4) is 6.07 Å². The van der Waals surface area contributed by atoms with E-state index in [0.717, 1.165) is 0 Å². The Morgan fingerprint density at radius 1 is 1.19 bits per heavy atom. The fourth-order valence-electron chi connectivity index (χ4n) is 2.47. The van der Waals surface area contributed by atoms with Crippen LogP contribution in [-0.4, -0.2) is 21.8 Å². The number of carbonyl (C=O) groups excluding carboxylic acids is 2. The van der Waals surface area contributed by atoms with E-state index in [1.807, 2.05) is 6.07 Å². The molecule has 1 aromatic heterocycles. The average molecular weight is 347 g/mol. The highest BCUT2D eigenvalue weighted by Gasteiger charge is 2.14. The van der Waals surface area contributed by atoms with Gasteiger partial charge in [0.2, 0.25) is 0 Å². The van der Waals surface area contributed by atoms with E-state index >= 15 is 0 Å². The number of hydrogen-bond donors (Lipinski definition) is 0. The maximum absolute atomic E-state index is 12.5. The molecule has 0 atom stereocenters. The summed E-state index contributed by atoms with van der Waals surface area (Å²) >= 11 is 0. The number of benzene rings is 2. The molecule has 2 aromatic carbocycles. The van der Waals surface area contributed by atoms with Gasteiger partial charge in [0, 0.05) is 5.56 Å². The van der Waals surface area contributed by atoms with Crippen LogP contribution in [0.5, 0.6) is 0 Å². The van der Waals surface area contributed by atoms with E-state index in [1.165, 1.54) is 28.8 Å². The highest BCUT2D eigenvalue weighted by atomic mass is 16.5. The van der Waals surface area contributed by atoms with Crippen LogP contribution in [0.15, 0.2) is 53.3 Å². The summed E-state index contributed by atoms with van der Waals surface area (Å²) in [5.41, 5.74) is 0.817. The van der Waals surface area contributed by atoms with Gasteiger partial charge in [0.25, 0.3) is 5.56 Å². The fourth-order valence-corrected chi connectivity index (χ4v) is 2.47. The quantitative estimate of drug-likeness (QED) is 0.517. The molecule has 0 N–H and O–H groups in total. The van der Waals surface area contributed by atoms with Gasteiger partial charge in [-0.15, -0.1) is 0 Å². The predicted molar refractivity (Wildman–Crippen MR) is 92.6 cm³/mol. The molecule has 7 nitrogen and oxygen atoms in total. The number of aromatic nitrogens is 2. The Balaban J connectivity index is 1.88. The molecule has 0 aliphatic carbocycles. The second kappa shape index (κ2) is 7.40. The normalized spacial score (nSPS) is 10.3. The second-order valence-electron chi connectivity index (χ2n) is 5.41. The number of fused-ring (bicyclic) bond motifs is 1. The van der Waals surface area contributed by atoms with Gasteiger partial charge in [-0.05, 0) is 24.3 Å². The third kappa shape index (κ3) is 3.35. The largest absolute Gasteiger partial charge is 0.454 e. The Bertz CT molecular complexity index is 1080. The molecular formula is C19H13N3O4. The predicted octanol–water partition coefficient (Wildman–Crippen LogP) is 2.09. The molecule has 0 aliphatic rings. The van der Waals surface area contributed by atoms with Crippen LogP contribution in [0.1, 0.15) is 26.5 Å². The van der Waals surface area contributed by atoms with Crippen LogP contribution in [0.3, 0.4) is 0 Å². The SMILES string of the molecule is N#CCn1c(COC(=O)c2ccc(C=O)cc2)nc2ccccc2c1=O. The summed E-state index contributed by atoms with van der Waals surface area (Å²) in [6.45, 7) is -0.451. The van der Waals surface area contributed by atoms with Gasteiger partial charge in [-0.2, -0.15) is 5.26 Å². The summed E-state index contributed by atoms with van der Waals surface area (Å²) in [5.74, 6) is -0.429. The molecule has 0 saturated heterocycles. The monoisotopic (exact) mass is 347 g/mol. The zero-order valence-corrected chi connectivity index (χ0v) is 13.6. The number of esters is 1.